The van der Waals surface area contributed by atoms with Crippen LogP contribution in [0.3, 0.4) is 0 Å². The van der Waals surface area contributed by atoms with Crippen molar-refractivity contribution in [2.75, 3.05) is 13.1 Å². The maximum absolute atomic E-state index is 12.4. The molecule has 1 aromatic carbocycles. The van der Waals surface area contributed by atoms with Crippen LogP contribution in [-0.2, 0) is 4.79 Å². The van der Waals surface area contributed by atoms with Crippen molar-refractivity contribution < 1.29 is 9.21 Å². The van der Waals surface area contributed by atoms with Gasteiger partial charge in [-0.2, -0.15) is 0 Å². The molecule has 122 valence electrons. The molecule has 0 bridgehead atoms. The van der Waals surface area contributed by atoms with Crippen LogP contribution >= 0.6 is 11.3 Å². The molecule has 4 rings (SSSR count). The molecule has 3 heterocycles. The monoisotopic (exact) mass is 338 g/mol. The number of carbonyl (C=O) groups is 1. The molecule has 1 atom stereocenters. The first-order chi connectivity index (χ1) is 11.8. The van der Waals surface area contributed by atoms with Crippen LogP contribution in [0, 0.1) is 0 Å². The number of rotatable bonds is 3. The summed E-state index contributed by atoms with van der Waals surface area (Å²) in [5, 5.41) is 2.01. The number of piperidine rings is 1. The molecule has 5 heteroatoms. The van der Waals surface area contributed by atoms with Crippen LogP contribution in [0.4, 0.5) is 0 Å². The quantitative estimate of drug-likeness (QED) is 0.669. The van der Waals surface area contributed by atoms with Crippen LogP contribution in [0.1, 0.15) is 29.5 Å². The maximum Gasteiger partial charge on any atom is 0.246 e. The smallest absolute Gasteiger partial charge is 0.246 e. The number of thiophene rings is 1. The van der Waals surface area contributed by atoms with Crippen LogP contribution in [0.25, 0.3) is 17.2 Å². The van der Waals surface area contributed by atoms with Gasteiger partial charge in [0.05, 0.1) is 5.92 Å². The van der Waals surface area contributed by atoms with E-state index < -0.39 is 0 Å². The van der Waals surface area contributed by atoms with Gasteiger partial charge >= 0.3 is 0 Å². The number of para-hydroxylation sites is 2. The lowest BCUT2D eigenvalue weighted by molar-refractivity contribution is -0.127. The van der Waals surface area contributed by atoms with Crippen molar-refractivity contribution in [2.45, 2.75) is 18.8 Å². The number of fused-ring (bicyclic) bond motifs is 1. The first-order valence-electron chi connectivity index (χ1n) is 8.15. The zero-order valence-electron chi connectivity index (χ0n) is 13.2. The average Bonchev–Trinajstić information content (AvgIpc) is 3.29. The van der Waals surface area contributed by atoms with Gasteiger partial charge in [-0.25, -0.2) is 4.98 Å². The Kier molecular flexibility index (Phi) is 4.17. The minimum absolute atomic E-state index is 0.0595. The molecule has 1 aliphatic rings. The zero-order valence-corrected chi connectivity index (χ0v) is 14.0. The van der Waals surface area contributed by atoms with Crippen LogP contribution in [0.2, 0.25) is 0 Å². The van der Waals surface area contributed by atoms with Crippen molar-refractivity contribution >= 4 is 34.4 Å². The molecule has 1 unspecified atom stereocenters. The number of carbonyl (C=O) groups excluding carboxylic acids is 1. The van der Waals surface area contributed by atoms with E-state index in [1.54, 1.807) is 17.4 Å². The Morgan fingerprint density at radius 1 is 1.29 bits per heavy atom. The largest absolute Gasteiger partial charge is 0.440 e. The lowest BCUT2D eigenvalue weighted by Gasteiger charge is -2.30. The van der Waals surface area contributed by atoms with Crippen LogP contribution < -0.4 is 0 Å². The average molecular weight is 338 g/mol. The third kappa shape index (κ3) is 3.12. The Balaban J connectivity index is 1.48. The Morgan fingerprint density at radius 2 is 2.21 bits per heavy atom. The molecule has 0 N–H and O–H groups in total. The van der Waals surface area contributed by atoms with Gasteiger partial charge in [-0.1, -0.05) is 18.2 Å². The molecular weight excluding hydrogens is 320 g/mol. The van der Waals surface area contributed by atoms with Gasteiger partial charge in [0.2, 0.25) is 5.91 Å². The molecule has 0 saturated carbocycles. The lowest BCUT2D eigenvalue weighted by atomic mass is 9.98. The van der Waals surface area contributed by atoms with E-state index in [0.717, 1.165) is 41.3 Å². The molecule has 2 aromatic heterocycles. The number of nitrogens with zero attached hydrogens (tertiary/aromatic N) is 2. The second kappa shape index (κ2) is 6.61. The van der Waals surface area contributed by atoms with E-state index >= 15 is 0 Å². The van der Waals surface area contributed by atoms with Crippen molar-refractivity contribution in [3.05, 3.63) is 58.6 Å². The minimum atomic E-state index is 0.0595. The van der Waals surface area contributed by atoms with Crippen molar-refractivity contribution in [3.8, 4) is 0 Å². The summed E-state index contributed by atoms with van der Waals surface area (Å²) in [6.07, 6.45) is 5.53. The summed E-state index contributed by atoms with van der Waals surface area (Å²) < 4.78 is 5.89. The summed E-state index contributed by atoms with van der Waals surface area (Å²) in [6, 6.07) is 11.8. The van der Waals surface area contributed by atoms with Gasteiger partial charge in [0.15, 0.2) is 11.5 Å². The third-order valence-electron chi connectivity index (χ3n) is 4.33. The number of likely N-dealkylation sites (tertiary alicyclic amines) is 1. The Hall–Kier alpha value is -2.40. The lowest BCUT2D eigenvalue weighted by Crippen LogP contribution is -2.38. The summed E-state index contributed by atoms with van der Waals surface area (Å²) in [5.74, 6) is 0.977. The maximum atomic E-state index is 12.4. The van der Waals surface area contributed by atoms with E-state index in [2.05, 4.69) is 4.98 Å². The van der Waals surface area contributed by atoms with Crippen LogP contribution in [-0.4, -0.2) is 28.9 Å². The van der Waals surface area contributed by atoms with E-state index in [9.17, 15) is 4.79 Å². The highest BCUT2D eigenvalue weighted by molar-refractivity contribution is 7.10. The fourth-order valence-corrected chi connectivity index (χ4v) is 3.71. The molecule has 0 spiro atoms. The number of benzene rings is 1. The topological polar surface area (TPSA) is 46.3 Å². The second-order valence-electron chi connectivity index (χ2n) is 5.99. The van der Waals surface area contributed by atoms with Crippen molar-refractivity contribution in [1.29, 1.82) is 0 Å². The van der Waals surface area contributed by atoms with E-state index in [1.165, 1.54) is 0 Å². The molecule has 0 aliphatic carbocycles. The summed E-state index contributed by atoms with van der Waals surface area (Å²) >= 11 is 1.63. The Bertz CT molecular complexity index is 834. The van der Waals surface area contributed by atoms with Gasteiger partial charge in [0.25, 0.3) is 0 Å². The normalized spacial score (nSPS) is 18.5. The Morgan fingerprint density at radius 3 is 3.04 bits per heavy atom. The fraction of sp³-hybridized carbons (Fsp3) is 0.263. The molecular formula is C19H18N2O2S. The van der Waals surface area contributed by atoms with Gasteiger partial charge in [-0.3, -0.25) is 4.79 Å². The number of hydrogen-bond acceptors (Lipinski definition) is 4. The highest BCUT2D eigenvalue weighted by Gasteiger charge is 2.27. The zero-order chi connectivity index (χ0) is 16.4. The molecule has 1 fully saturated rings. The van der Waals surface area contributed by atoms with Crippen molar-refractivity contribution in [1.82, 2.24) is 9.88 Å². The highest BCUT2D eigenvalue weighted by atomic mass is 32.1. The van der Waals surface area contributed by atoms with Crippen molar-refractivity contribution in [2.24, 2.45) is 0 Å². The fourth-order valence-electron chi connectivity index (χ4n) is 3.09. The molecule has 1 aliphatic heterocycles. The summed E-state index contributed by atoms with van der Waals surface area (Å²) in [4.78, 5) is 20.0. The van der Waals surface area contributed by atoms with E-state index in [-0.39, 0.29) is 11.8 Å². The van der Waals surface area contributed by atoms with E-state index in [1.807, 2.05) is 52.8 Å². The summed E-state index contributed by atoms with van der Waals surface area (Å²) in [5.41, 5.74) is 1.70. The van der Waals surface area contributed by atoms with Gasteiger partial charge in [0, 0.05) is 24.0 Å². The number of aromatic nitrogens is 1. The Labute approximate surface area is 144 Å². The molecule has 3 aromatic rings. The van der Waals surface area contributed by atoms with Gasteiger partial charge in [-0.05, 0) is 42.5 Å². The van der Waals surface area contributed by atoms with Gasteiger partial charge < -0.3 is 9.32 Å². The first kappa shape index (κ1) is 15.1. The summed E-state index contributed by atoms with van der Waals surface area (Å²) in [6.45, 7) is 1.46. The third-order valence-corrected chi connectivity index (χ3v) is 5.16. The molecule has 0 radical (unpaired) electrons. The minimum Gasteiger partial charge on any atom is -0.440 e. The van der Waals surface area contributed by atoms with Crippen molar-refractivity contribution in [3.63, 3.8) is 0 Å². The van der Waals surface area contributed by atoms with E-state index in [4.69, 9.17) is 4.42 Å². The highest BCUT2D eigenvalue weighted by Crippen LogP contribution is 2.29. The SMILES string of the molecule is O=C(C=Cc1cccs1)N1CCCC(c2nc3ccccc3o2)C1. The molecule has 1 saturated heterocycles. The standard InChI is InChI=1S/C19H18N2O2S/c22-18(10-9-15-6-4-12-24-15)21-11-3-5-14(13-21)19-20-16-7-1-2-8-17(16)23-19/h1-2,4,6-10,12,14H,3,5,11,13H2. The number of amides is 1. The molecule has 1 amide bonds. The summed E-state index contributed by atoms with van der Waals surface area (Å²) in [7, 11) is 0. The van der Waals surface area contributed by atoms with Crippen LogP contribution in [0.15, 0.2) is 52.3 Å². The number of hydrogen-bond donors (Lipinski definition) is 0. The predicted molar refractivity (Wildman–Crippen MR) is 95.9 cm³/mol. The van der Waals surface area contributed by atoms with E-state index in [0.29, 0.717) is 6.54 Å². The second-order valence-corrected chi connectivity index (χ2v) is 6.97. The predicted octanol–water partition coefficient (Wildman–Crippen LogP) is 4.31. The van der Waals surface area contributed by atoms with Crippen LogP contribution in [0.5, 0.6) is 0 Å². The molecule has 4 nitrogen and oxygen atoms in total. The van der Waals surface area contributed by atoms with Gasteiger partial charge in [-0.15, -0.1) is 11.3 Å². The van der Waals surface area contributed by atoms with Gasteiger partial charge in [0.1, 0.15) is 5.52 Å². The molecule has 24 heavy (non-hydrogen) atoms. The first-order valence-corrected chi connectivity index (χ1v) is 9.03. The number of oxazole rings is 1.